The first-order valence-electron chi connectivity index (χ1n) is 4.84. The fourth-order valence-corrected chi connectivity index (χ4v) is 1.27. The van der Waals surface area contributed by atoms with E-state index in [1.807, 2.05) is 0 Å². The van der Waals surface area contributed by atoms with Gasteiger partial charge in [-0.15, -0.1) is 0 Å². The van der Waals surface area contributed by atoms with Crippen molar-refractivity contribution < 1.29 is 9.90 Å². The van der Waals surface area contributed by atoms with Gasteiger partial charge in [0.25, 0.3) is 5.91 Å². The van der Waals surface area contributed by atoms with Gasteiger partial charge in [0.15, 0.2) is 0 Å². The Balaban J connectivity index is 2.85. The van der Waals surface area contributed by atoms with Gasteiger partial charge in [0, 0.05) is 5.56 Å². The molecular formula is C11H15ClN2O2. The normalized spacial score (nSPS) is 11.2. The molecule has 5 heteroatoms. The lowest BCUT2D eigenvalue weighted by Crippen LogP contribution is -2.46. The first-order valence-corrected chi connectivity index (χ1v) is 5.22. The summed E-state index contributed by atoms with van der Waals surface area (Å²) in [5, 5.41) is 12.1. The fraction of sp³-hybridized carbons (Fsp3) is 0.364. The minimum Gasteiger partial charge on any atom is -0.398 e. The average Bonchev–Trinajstić information content (AvgIpc) is 2.21. The molecule has 0 fully saturated rings. The van der Waals surface area contributed by atoms with Gasteiger partial charge in [-0.1, -0.05) is 11.6 Å². The summed E-state index contributed by atoms with van der Waals surface area (Å²) in [4.78, 5) is 11.8. The molecule has 1 rings (SSSR count). The molecule has 0 radical (unpaired) electrons. The van der Waals surface area contributed by atoms with Crippen LogP contribution in [0.25, 0.3) is 0 Å². The van der Waals surface area contributed by atoms with E-state index in [0.29, 0.717) is 16.3 Å². The number of hydrogen-bond acceptors (Lipinski definition) is 3. The Bertz CT molecular complexity index is 405. The van der Waals surface area contributed by atoms with E-state index in [9.17, 15) is 4.79 Å². The second-order valence-corrected chi connectivity index (χ2v) is 4.64. The van der Waals surface area contributed by atoms with Crippen LogP contribution in [0.15, 0.2) is 18.2 Å². The SMILES string of the molecule is CC(C)(CO)NC(=O)c1ccc(N)c(Cl)c1. The number of anilines is 1. The largest absolute Gasteiger partial charge is 0.398 e. The molecular weight excluding hydrogens is 228 g/mol. The molecule has 4 nitrogen and oxygen atoms in total. The van der Waals surface area contributed by atoms with Crippen LogP contribution in [0.2, 0.25) is 5.02 Å². The van der Waals surface area contributed by atoms with Gasteiger partial charge in [-0.2, -0.15) is 0 Å². The van der Waals surface area contributed by atoms with Crippen LogP contribution in [0.1, 0.15) is 24.2 Å². The standard InChI is InChI=1S/C11H15ClN2O2/c1-11(2,6-15)14-10(16)7-3-4-9(13)8(12)5-7/h3-5,15H,6,13H2,1-2H3,(H,14,16). The van der Waals surface area contributed by atoms with E-state index in [1.165, 1.54) is 6.07 Å². The quantitative estimate of drug-likeness (QED) is 0.702. The molecule has 16 heavy (non-hydrogen) atoms. The van der Waals surface area contributed by atoms with E-state index in [1.54, 1.807) is 26.0 Å². The molecule has 1 aromatic carbocycles. The number of halogens is 1. The van der Waals surface area contributed by atoms with Gasteiger partial charge in [0.05, 0.1) is 22.9 Å². The Morgan fingerprint density at radius 1 is 1.56 bits per heavy atom. The molecule has 4 N–H and O–H groups in total. The molecule has 1 aromatic rings. The Kier molecular flexibility index (Phi) is 3.78. The second kappa shape index (κ2) is 4.72. The van der Waals surface area contributed by atoms with Crippen molar-refractivity contribution in [3.05, 3.63) is 28.8 Å². The van der Waals surface area contributed by atoms with E-state index >= 15 is 0 Å². The minimum atomic E-state index is -0.662. The monoisotopic (exact) mass is 242 g/mol. The molecule has 0 atom stereocenters. The number of benzene rings is 1. The number of carbonyl (C=O) groups is 1. The van der Waals surface area contributed by atoms with Gasteiger partial charge in [-0.25, -0.2) is 0 Å². The van der Waals surface area contributed by atoms with Crippen molar-refractivity contribution in [2.45, 2.75) is 19.4 Å². The zero-order valence-electron chi connectivity index (χ0n) is 9.25. The number of aliphatic hydroxyl groups is 1. The van der Waals surface area contributed by atoms with Crippen LogP contribution in [0.3, 0.4) is 0 Å². The minimum absolute atomic E-state index is 0.137. The van der Waals surface area contributed by atoms with Crippen LogP contribution in [-0.2, 0) is 0 Å². The Labute approximate surface area is 99.4 Å². The number of rotatable bonds is 3. The Morgan fingerprint density at radius 3 is 2.69 bits per heavy atom. The summed E-state index contributed by atoms with van der Waals surface area (Å²) in [7, 11) is 0. The van der Waals surface area contributed by atoms with Crippen LogP contribution in [0.5, 0.6) is 0 Å². The van der Waals surface area contributed by atoms with Gasteiger partial charge in [0.2, 0.25) is 0 Å². The molecule has 0 aromatic heterocycles. The number of carbonyl (C=O) groups excluding carboxylic acids is 1. The number of nitrogens with one attached hydrogen (secondary N) is 1. The third-order valence-electron chi connectivity index (χ3n) is 2.11. The van der Waals surface area contributed by atoms with E-state index in [4.69, 9.17) is 22.4 Å². The first kappa shape index (κ1) is 12.8. The topological polar surface area (TPSA) is 75.3 Å². The van der Waals surface area contributed by atoms with Gasteiger partial charge in [-0.3, -0.25) is 4.79 Å². The van der Waals surface area contributed by atoms with E-state index < -0.39 is 5.54 Å². The van der Waals surface area contributed by atoms with Gasteiger partial charge < -0.3 is 16.2 Å². The maximum absolute atomic E-state index is 11.8. The lowest BCUT2D eigenvalue weighted by molar-refractivity contribution is 0.0869. The summed E-state index contributed by atoms with van der Waals surface area (Å²) >= 11 is 5.81. The zero-order chi connectivity index (χ0) is 12.3. The maximum atomic E-state index is 11.8. The van der Waals surface area contributed by atoms with Crippen LogP contribution in [-0.4, -0.2) is 23.2 Å². The molecule has 88 valence electrons. The van der Waals surface area contributed by atoms with Gasteiger partial charge in [0.1, 0.15) is 0 Å². The lowest BCUT2D eigenvalue weighted by Gasteiger charge is -2.23. The van der Waals surface area contributed by atoms with E-state index in [2.05, 4.69) is 5.32 Å². The van der Waals surface area contributed by atoms with Crippen molar-refractivity contribution in [1.82, 2.24) is 5.32 Å². The Morgan fingerprint density at radius 2 is 2.19 bits per heavy atom. The maximum Gasteiger partial charge on any atom is 0.251 e. The third kappa shape index (κ3) is 3.12. The highest BCUT2D eigenvalue weighted by Gasteiger charge is 2.20. The number of nitrogen functional groups attached to an aromatic ring is 1. The summed E-state index contributed by atoms with van der Waals surface area (Å²) in [5.74, 6) is -0.291. The average molecular weight is 243 g/mol. The fourth-order valence-electron chi connectivity index (χ4n) is 1.09. The zero-order valence-corrected chi connectivity index (χ0v) is 10.0. The molecule has 0 unspecified atom stereocenters. The summed E-state index contributed by atoms with van der Waals surface area (Å²) in [6.45, 7) is 3.31. The van der Waals surface area contributed by atoms with Crippen molar-refractivity contribution in [3.8, 4) is 0 Å². The molecule has 0 aliphatic rings. The number of amides is 1. The highest BCUT2D eigenvalue weighted by Crippen LogP contribution is 2.19. The molecule has 1 amide bonds. The molecule has 0 heterocycles. The second-order valence-electron chi connectivity index (χ2n) is 4.23. The van der Waals surface area contributed by atoms with Crippen LogP contribution in [0, 0.1) is 0 Å². The van der Waals surface area contributed by atoms with Crippen molar-refractivity contribution in [3.63, 3.8) is 0 Å². The third-order valence-corrected chi connectivity index (χ3v) is 2.44. The lowest BCUT2D eigenvalue weighted by atomic mass is 10.1. The predicted octanol–water partition coefficient (Wildman–Crippen LogP) is 1.42. The van der Waals surface area contributed by atoms with Gasteiger partial charge in [-0.05, 0) is 32.0 Å². The molecule has 0 saturated carbocycles. The highest BCUT2D eigenvalue weighted by molar-refractivity contribution is 6.33. The highest BCUT2D eigenvalue weighted by atomic mass is 35.5. The van der Waals surface area contributed by atoms with Gasteiger partial charge >= 0.3 is 0 Å². The first-order chi connectivity index (χ1) is 7.35. The molecule has 0 aliphatic heterocycles. The number of hydrogen-bond donors (Lipinski definition) is 3. The molecule has 0 bridgehead atoms. The van der Waals surface area contributed by atoms with Crippen molar-refractivity contribution in [1.29, 1.82) is 0 Å². The summed E-state index contributed by atoms with van der Waals surface area (Å²) in [6.07, 6.45) is 0. The molecule has 0 aliphatic carbocycles. The summed E-state index contributed by atoms with van der Waals surface area (Å²) < 4.78 is 0. The van der Waals surface area contributed by atoms with Crippen molar-refractivity contribution in [2.75, 3.05) is 12.3 Å². The summed E-state index contributed by atoms with van der Waals surface area (Å²) in [6, 6.07) is 4.66. The smallest absolute Gasteiger partial charge is 0.251 e. The predicted molar refractivity (Wildman–Crippen MR) is 64.5 cm³/mol. The molecule has 0 spiro atoms. The molecule has 0 saturated heterocycles. The van der Waals surface area contributed by atoms with E-state index in [0.717, 1.165) is 0 Å². The summed E-state index contributed by atoms with van der Waals surface area (Å²) in [5.41, 5.74) is 5.72. The number of nitrogens with two attached hydrogens (primary N) is 1. The van der Waals surface area contributed by atoms with Crippen molar-refractivity contribution >= 4 is 23.2 Å². The van der Waals surface area contributed by atoms with Crippen LogP contribution >= 0.6 is 11.6 Å². The van der Waals surface area contributed by atoms with Crippen LogP contribution < -0.4 is 11.1 Å². The van der Waals surface area contributed by atoms with Crippen LogP contribution in [0.4, 0.5) is 5.69 Å². The number of aliphatic hydroxyl groups excluding tert-OH is 1. The van der Waals surface area contributed by atoms with E-state index in [-0.39, 0.29) is 12.5 Å². The van der Waals surface area contributed by atoms with Crippen molar-refractivity contribution in [2.24, 2.45) is 0 Å². The Hall–Kier alpha value is -1.26.